The van der Waals surface area contributed by atoms with E-state index in [-0.39, 0.29) is 6.04 Å². The molecule has 18 heavy (non-hydrogen) atoms. The highest BCUT2D eigenvalue weighted by Crippen LogP contribution is 2.32. The standard InChI is InChI=1S/C14H20N2O2/c1-3-13(16-8-6-15-7-9-16)12-10-11(18-2)4-5-14(12)17/h3-5,10,13,15,17H,1,6-9H2,2H3/t13-/m0/s1. The number of piperazine rings is 1. The fourth-order valence-electron chi connectivity index (χ4n) is 2.33. The highest BCUT2D eigenvalue weighted by molar-refractivity contribution is 5.42. The number of phenols is 1. The van der Waals surface area contributed by atoms with E-state index in [1.165, 1.54) is 0 Å². The molecule has 0 amide bonds. The second-order valence-corrected chi connectivity index (χ2v) is 4.39. The molecule has 2 N–H and O–H groups in total. The molecule has 0 bridgehead atoms. The Hall–Kier alpha value is -1.52. The molecule has 0 aliphatic carbocycles. The number of ether oxygens (including phenoxy) is 1. The monoisotopic (exact) mass is 248 g/mol. The van der Waals surface area contributed by atoms with E-state index in [1.807, 2.05) is 12.1 Å². The quantitative estimate of drug-likeness (QED) is 0.793. The average Bonchev–Trinajstić information content (AvgIpc) is 2.43. The van der Waals surface area contributed by atoms with Crippen molar-refractivity contribution in [3.8, 4) is 11.5 Å². The number of nitrogens with one attached hydrogen (secondary N) is 1. The van der Waals surface area contributed by atoms with Crippen LogP contribution in [0.15, 0.2) is 30.9 Å². The lowest BCUT2D eigenvalue weighted by Crippen LogP contribution is -2.44. The van der Waals surface area contributed by atoms with Gasteiger partial charge in [-0.15, -0.1) is 6.58 Å². The summed E-state index contributed by atoms with van der Waals surface area (Å²) in [6.45, 7) is 7.73. The van der Waals surface area contributed by atoms with Gasteiger partial charge in [0, 0.05) is 31.7 Å². The first-order valence-corrected chi connectivity index (χ1v) is 6.20. The first kappa shape index (κ1) is 12.9. The van der Waals surface area contributed by atoms with Gasteiger partial charge < -0.3 is 15.2 Å². The summed E-state index contributed by atoms with van der Waals surface area (Å²) in [6.07, 6.45) is 1.87. The summed E-state index contributed by atoms with van der Waals surface area (Å²) in [5.74, 6) is 1.05. The molecule has 98 valence electrons. The maximum atomic E-state index is 10.0. The number of benzene rings is 1. The fraction of sp³-hybridized carbons (Fsp3) is 0.429. The van der Waals surface area contributed by atoms with E-state index >= 15 is 0 Å². The summed E-state index contributed by atoms with van der Waals surface area (Å²) < 4.78 is 5.22. The van der Waals surface area contributed by atoms with Gasteiger partial charge in [0.25, 0.3) is 0 Å². The lowest BCUT2D eigenvalue weighted by atomic mass is 10.0. The van der Waals surface area contributed by atoms with E-state index < -0.39 is 0 Å². The van der Waals surface area contributed by atoms with Crippen molar-refractivity contribution in [1.29, 1.82) is 0 Å². The van der Waals surface area contributed by atoms with Gasteiger partial charge in [-0.25, -0.2) is 0 Å². The Labute approximate surface area is 108 Å². The number of nitrogens with zero attached hydrogens (tertiary/aromatic N) is 1. The highest BCUT2D eigenvalue weighted by atomic mass is 16.5. The van der Waals surface area contributed by atoms with Crippen molar-refractivity contribution in [2.75, 3.05) is 33.3 Å². The third-order valence-corrected chi connectivity index (χ3v) is 3.32. The van der Waals surface area contributed by atoms with Gasteiger partial charge in [-0.3, -0.25) is 4.90 Å². The van der Waals surface area contributed by atoms with Crippen LogP contribution in [0.3, 0.4) is 0 Å². The molecular weight excluding hydrogens is 228 g/mol. The van der Waals surface area contributed by atoms with Gasteiger partial charge in [0.2, 0.25) is 0 Å². The zero-order valence-electron chi connectivity index (χ0n) is 10.7. The zero-order chi connectivity index (χ0) is 13.0. The molecule has 1 aliphatic heterocycles. The number of hydrogen-bond acceptors (Lipinski definition) is 4. The van der Waals surface area contributed by atoms with E-state index in [0.29, 0.717) is 5.75 Å². The molecule has 1 heterocycles. The van der Waals surface area contributed by atoms with Gasteiger partial charge in [0.1, 0.15) is 11.5 Å². The third-order valence-electron chi connectivity index (χ3n) is 3.32. The van der Waals surface area contributed by atoms with Crippen molar-refractivity contribution in [3.05, 3.63) is 36.4 Å². The van der Waals surface area contributed by atoms with Gasteiger partial charge in [-0.1, -0.05) is 6.08 Å². The largest absolute Gasteiger partial charge is 0.508 e. The van der Waals surface area contributed by atoms with Gasteiger partial charge in [-0.2, -0.15) is 0 Å². The van der Waals surface area contributed by atoms with Crippen LogP contribution >= 0.6 is 0 Å². The molecule has 0 spiro atoms. The Balaban J connectivity index is 2.28. The van der Waals surface area contributed by atoms with Gasteiger partial charge >= 0.3 is 0 Å². The van der Waals surface area contributed by atoms with E-state index in [1.54, 1.807) is 19.2 Å². The molecule has 0 radical (unpaired) electrons. The van der Waals surface area contributed by atoms with Crippen LogP contribution in [0.25, 0.3) is 0 Å². The van der Waals surface area contributed by atoms with Crippen molar-refractivity contribution in [2.45, 2.75) is 6.04 Å². The molecule has 4 nitrogen and oxygen atoms in total. The molecular formula is C14H20N2O2. The van der Waals surface area contributed by atoms with Crippen LogP contribution in [0.1, 0.15) is 11.6 Å². The Morgan fingerprint density at radius 1 is 1.44 bits per heavy atom. The molecule has 1 aromatic rings. The Kier molecular flexibility index (Phi) is 4.23. The molecule has 1 fully saturated rings. The van der Waals surface area contributed by atoms with E-state index in [4.69, 9.17) is 4.74 Å². The number of phenolic OH excluding ortho intramolecular Hbond substituents is 1. The highest BCUT2D eigenvalue weighted by Gasteiger charge is 2.22. The van der Waals surface area contributed by atoms with E-state index in [9.17, 15) is 5.11 Å². The van der Waals surface area contributed by atoms with Crippen molar-refractivity contribution < 1.29 is 9.84 Å². The maximum absolute atomic E-state index is 10.0. The lowest BCUT2D eigenvalue weighted by molar-refractivity contribution is 0.200. The zero-order valence-corrected chi connectivity index (χ0v) is 10.7. The molecule has 1 aliphatic rings. The van der Waals surface area contributed by atoms with Gasteiger partial charge in [0.15, 0.2) is 0 Å². The molecule has 1 saturated heterocycles. The summed E-state index contributed by atoms with van der Waals surface area (Å²) in [5, 5.41) is 13.3. The van der Waals surface area contributed by atoms with Gasteiger partial charge in [0.05, 0.1) is 13.2 Å². The van der Waals surface area contributed by atoms with E-state index in [2.05, 4.69) is 16.8 Å². The molecule has 0 unspecified atom stereocenters. The van der Waals surface area contributed by atoms with Crippen LogP contribution in [-0.2, 0) is 0 Å². The minimum absolute atomic E-state index is 0.0298. The third kappa shape index (κ3) is 2.66. The Bertz CT molecular complexity index is 414. The Morgan fingerprint density at radius 3 is 2.78 bits per heavy atom. The van der Waals surface area contributed by atoms with Crippen LogP contribution in [0.2, 0.25) is 0 Å². The summed E-state index contributed by atoms with van der Waals surface area (Å²) >= 11 is 0. The second kappa shape index (κ2) is 5.89. The van der Waals surface area contributed by atoms with Crippen molar-refractivity contribution in [2.24, 2.45) is 0 Å². The number of rotatable bonds is 4. The smallest absolute Gasteiger partial charge is 0.120 e. The molecule has 2 rings (SSSR count). The normalized spacial score (nSPS) is 18.3. The SMILES string of the molecule is C=C[C@@H](c1cc(OC)ccc1O)N1CCNCC1. The number of methoxy groups -OCH3 is 1. The van der Waals surface area contributed by atoms with Crippen molar-refractivity contribution in [3.63, 3.8) is 0 Å². The predicted octanol–water partition coefficient (Wildman–Crippen LogP) is 1.53. The first-order valence-electron chi connectivity index (χ1n) is 6.20. The topological polar surface area (TPSA) is 44.7 Å². The summed E-state index contributed by atoms with van der Waals surface area (Å²) in [7, 11) is 1.63. The van der Waals surface area contributed by atoms with Crippen LogP contribution in [0, 0.1) is 0 Å². The van der Waals surface area contributed by atoms with E-state index in [0.717, 1.165) is 37.5 Å². The predicted molar refractivity (Wildman–Crippen MR) is 72.0 cm³/mol. The summed E-state index contributed by atoms with van der Waals surface area (Å²) in [4.78, 5) is 2.30. The second-order valence-electron chi connectivity index (χ2n) is 4.39. The average molecular weight is 248 g/mol. The fourth-order valence-corrected chi connectivity index (χ4v) is 2.33. The molecule has 1 atom stereocenters. The summed E-state index contributed by atoms with van der Waals surface area (Å²) in [6, 6.07) is 5.34. The molecule has 0 saturated carbocycles. The summed E-state index contributed by atoms with van der Waals surface area (Å²) in [5.41, 5.74) is 0.853. The van der Waals surface area contributed by atoms with Crippen LogP contribution in [-0.4, -0.2) is 43.3 Å². The Morgan fingerprint density at radius 2 is 2.17 bits per heavy atom. The number of aromatic hydroxyl groups is 1. The first-order chi connectivity index (χ1) is 8.76. The number of hydrogen-bond donors (Lipinski definition) is 2. The van der Waals surface area contributed by atoms with Crippen molar-refractivity contribution >= 4 is 0 Å². The van der Waals surface area contributed by atoms with Crippen LogP contribution in [0.5, 0.6) is 11.5 Å². The molecule has 0 aromatic heterocycles. The maximum Gasteiger partial charge on any atom is 0.120 e. The van der Waals surface area contributed by atoms with Crippen molar-refractivity contribution in [1.82, 2.24) is 10.2 Å². The lowest BCUT2D eigenvalue weighted by Gasteiger charge is -2.33. The molecule has 4 heteroatoms. The van der Waals surface area contributed by atoms with Crippen LogP contribution in [0.4, 0.5) is 0 Å². The van der Waals surface area contributed by atoms with Crippen LogP contribution < -0.4 is 10.1 Å². The van der Waals surface area contributed by atoms with Gasteiger partial charge in [-0.05, 0) is 18.2 Å². The minimum Gasteiger partial charge on any atom is -0.508 e. The minimum atomic E-state index is 0.0298. The molecule has 1 aromatic carbocycles.